The van der Waals surface area contributed by atoms with Crippen LogP contribution in [0.3, 0.4) is 0 Å². The van der Waals surface area contributed by atoms with Gasteiger partial charge in [-0.2, -0.15) is 0 Å². The number of amides is 1. The SMILES string of the molecule is CC([S-])NC(=O)Cc1ccccc1.[Na+]. The molecule has 1 rings (SSSR count). The summed E-state index contributed by atoms with van der Waals surface area (Å²) < 4.78 is 0. The summed E-state index contributed by atoms with van der Waals surface area (Å²) in [5.74, 6) is -0.0197. The Morgan fingerprint density at radius 3 is 2.50 bits per heavy atom. The molecule has 1 unspecified atom stereocenters. The van der Waals surface area contributed by atoms with Crippen molar-refractivity contribution in [2.24, 2.45) is 0 Å². The van der Waals surface area contributed by atoms with Gasteiger partial charge in [0.25, 0.3) is 0 Å². The topological polar surface area (TPSA) is 29.1 Å². The van der Waals surface area contributed by atoms with Gasteiger partial charge >= 0.3 is 29.6 Å². The van der Waals surface area contributed by atoms with E-state index in [1.807, 2.05) is 30.3 Å². The van der Waals surface area contributed by atoms with Crippen LogP contribution in [-0.2, 0) is 23.8 Å². The van der Waals surface area contributed by atoms with Crippen molar-refractivity contribution in [1.29, 1.82) is 0 Å². The zero-order valence-corrected chi connectivity index (χ0v) is 11.3. The van der Waals surface area contributed by atoms with E-state index < -0.39 is 0 Å². The van der Waals surface area contributed by atoms with E-state index >= 15 is 0 Å². The standard InChI is InChI=1S/C10H13NOS.Na/c1-8(13)11-10(12)7-9-5-3-2-4-6-9;/h2-6,8,13H,7H2,1H3,(H,11,12);/q;+1/p-1. The van der Waals surface area contributed by atoms with Crippen LogP contribution in [0.1, 0.15) is 12.5 Å². The second kappa shape index (κ2) is 7.35. The number of hydrogen-bond donors (Lipinski definition) is 1. The second-order valence-electron chi connectivity index (χ2n) is 2.87. The minimum Gasteiger partial charge on any atom is -0.769 e. The van der Waals surface area contributed by atoms with Gasteiger partial charge in [-0.15, -0.1) is 0 Å². The molecule has 1 N–H and O–H groups in total. The Labute approximate surface area is 112 Å². The number of nitrogens with one attached hydrogen (secondary N) is 1. The van der Waals surface area contributed by atoms with Crippen molar-refractivity contribution >= 4 is 18.5 Å². The van der Waals surface area contributed by atoms with Gasteiger partial charge in [-0.25, -0.2) is 0 Å². The Bertz CT molecular complexity index is 277. The predicted molar refractivity (Wildman–Crippen MR) is 55.1 cm³/mol. The van der Waals surface area contributed by atoms with E-state index in [2.05, 4.69) is 5.32 Å². The van der Waals surface area contributed by atoms with E-state index in [-0.39, 0.29) is 40.8 Å². The molecule has 14 heavy (non-hydrogen) atoms. The zero-order chi connectivity index (χ0) is 9.68. The van der Waals surface area contributed by atoms with Gasteiger partial charge in [-0.3, -0.25) is 4.79 Å². The summed E-state index contributed by atoms with van der Waals surface area (Å²) in [6, 6.07) is 9.61. The fraction of sp³-hybridized carbons (Fsp3) is 0.300. The molecule has 1 aromatic carbocycles. The molecule has 0 aliphatic heterocycles. The van der Waals surface area contributed by atoms with Crippen LogP contribution in [0.4, 0.5) is 0 Å². The van der Waals surface area contributed by atoms with E-state index in [1.165, 1.54) is 0 Å². The van der Waals surface area contributed by atoms with Crippen molar-refractivity contribution < 1.29 is 34.4 Å². The molecule has 0 radical (unpaired) electrons. The van der Waals surface area contributed by atoms with Crippen LogP contribution in [0.2, 0.25) is 0 Å². The molecule has 1 aromatic rings. The molecule has 4 heteroatoms. The first-order chi connectivity index (χ1) is 6.18. The number of rotatable bonds is 3. The van der Waals surface area contributed by atoms with Gasteiger partial charge in [0, 0.05) is 0 Å². The molecule has 0 saturated carbocycles. The van der Waals surface area contributed by atoms with Crippen LogP contribution in [0, 0.1) is 0 Å². The van der Waals surface area contributed by atoms with Crippen LogP contribution >= 0.6 is 0 Å². The van der Waals surface area contributed by atoms with Gasteiger partial charge in [0.2, 0.25) is 5.91 Å². The molecular formula is C10H12NNaOS. The van der Waals surface area contributed by atoms with E-state index in [1.54, 1.807) is 6.92 Å². The average Bonchev–Trinajstić information content (AvgIpc) is 2.04. The van der Waals surface area contributed by atoms with E-state index in [0.29, 0.717) is 6.42 Å². The van der Waals surface area contributed by atoms with Crippen LogP contribution in [0.5, 0.6) is 0 Å². The number of hydrogen-bond acceptors (Lipinski definition) is 2. The Kier molecular flexibility index (Phi) is 7.37. The monoisotopic (exact) mass is 217 g/mol. The van der Waals surface area contributed by atoms with Gasteiger partial charge in [0.15, 0.2) is 0 Å². The Balaban J connectivity index is 0.00000169. The summed E-state index contributed by atoms with van der Waals surface area (Å²) in [5.41, 5.74) is 1.01. The van der Waals surface area contributed by atoms with Gasteiger partial charge in [-0.05, 0) is 5.56 Å². The first-order valence-electron chi connectivity index (χ1n) is 4.17. The molecule has 2 nitrogen and oxygen atoms in total. The third-order valence-electron chi connectivity index (χ3n) is 1.57. The van der Waals surface area contributed by atoms with Crippen LogP contribution in [0.15, 0.2) is 30.3 Å². The van der Waals surface area contributed by atoms with Gasteiger partial charge in [0.05, 0.1) is 6.42 Å². The van der Waals surface area contributed by atoms with Gasteiger partial charge in [-0.1, -0.05) is 42.6 Å². The fourth-order valence-electron chi connectivity index (χ4n) is 1.06. The molecule has 1 atom stereocenters. The fourth-order valence-corrected chi connectivity index (χ4v) is 1.19. The number of carbonyl (C=O) groups excluding carboxylic acids is 1. The number of benzene rings is 1. The first-order valence-corrected chi connectivity index (χ1v) is 4.65. The number of carbonyl (C=O) groups is 1. The summed E-state index contributed by atoms with van der Waals surface area (Å²) in [7, 11) is 0. The average molecular weight is 217 g/mol. The Hall–Kier alpha value is 0.0400. The van der Waals surface area contributed by atoms with Crippen molar-refractivity contribution in [3.05, 3.63) is 35.9 Å². The van der Waals surface area contributed by atoms with Crippen molar-refractivity contribution in [3.63, 3.8) is 0 Å². The summed E-state index contributed by atoms with van der Waals surface area (Å²) >= 11 is 4.84. The molecule has 0 saturated heterocycles. The van der Waals surface area contributed by atoms with Crippen LogP contribution < -0.4 is 34.9 Å². The second-order valence-corrected chi connectivity index (χ2v) is 3.58. The predicted octanol–water partition coefficient (Wildman–Crippen LogP) is -1.76. The zero-order valence-electron chi connectivity index (χ0n) is 8.49. The van der Waals surface area contributed by atoms with E-state index in [4.69, 9.17) is 12.6 Å². The van der Waals surface area contributed by atoms with Crippen molar-refractivity contribution in [2.45, 2.75) is 18.7 Å². The summed E-state index contributed by atoms with van der Waals surface area (Å²) in [6.07, 6.45) is 0.405. The minimum absolute atomic E-state index is 0. The third-order valence-corrected chi connectivity index (χ3v) is 1.69. The smallest absolute Gasteiger partial charge is 0.769 e. The van der Waals surface area contributed by atoms with Crippen molar-refractivity contribution in [3.8, 4) is 0 Å². The largest absolute Gasteiger partial charge is 1.00 e. The molecule has 0 heterocycles. The maximum atomic E-state index is 11.2. The first kappa shape index (κ1) is 14.0. The molecule has 0 aromatic heterocycles. The summed E-state index contributed by atoms with van der Waals surface area (Å²) in [5, 5.41) is 2.47. The third kappa shape index (κ3) is 5.70. The maximum absolute atomic E-state index is 11.2. The molecule has 0 fully saturated rings. The molecule has 0 aliphatic carbocycles. The molecular weight excluding hydrogens is 205 g/mol. The maximum Gasteiger partial charge on any atom is 1.00 e. The molecule has 0 aliphatic rings. The van der Waals surface area contributed by atoms with Crippen LogP contribution in [-0.4, -0.2) is 11.3 Å². The summed E-state index contributed by atoms with van der Waals surface area (Å²) in [6.45, 7) is 1.78. The minimum atomic E-state index is -0.198. The molecule has 70 valence electrons. The quantitative estimate of drug-likeness (QED) is 0.480. The van der Waals surface area contributed by atoms with Crippen molar-refractivity contribution in [2.75, 3.05) is 0 Å². The van der Waals surface area contributed by atoms with E-state index in [9.17, 15) is 4.79 Å². The van der Waals surface area contributed by atoms with Crippen LogP contribution in [0.25, 0.3) is 0 Å². The molecule has 0 spiro atoms. The van der Waals surface area contributed by atoms with Crippen molar-refractivity contribution in [1.82, 2.24) is 5.32 Å². The van der Waals surface area contributed by atoms with Gasteiger partial charge in [0.1, 0.15) is 0 Å². The molecule has 1 amide bonds. The summed E-state index contributed by atoms with van der Waals surface area (Å²) in [4.78, 5) is 11.2. The van der Waals surface area contributed by atoms with E-state index in [0.717, 1.165) is 5.56 Å². The Morgan fingerprint density at radius 1 is 1.43 bits per heavy atom. The van der Waals surface area contributed by atoms with Gasteiger partial charge < -0.3 is 17.9 Å². The molecule has 0 bridgehead atoms. The normalized spacial score (nSPS) is 11.3. The Morgan fingerprint density at radius 2 is 2.00 bits per heavy atom.